The molecule has 0 aromatic heterocycles. The number of hydrogen-bond acceptors (Lipinski definition) is 3. The van der Waals surface area contributed by atoms with Crippen molar-refractivity contribution in [3.8, 4) is 0 Å². The molecule has 5 nitrogen and oxygen atoms in total. The van der Waals surface area contributed by atoms with E-state index in [1.54, 1.807) is 24.3 Å². The Morgan fingerprint density at radius 1 is 0.844 bits per heavy atom. The van der Waals surface area contributed by atoms with Crippen molar-refractivity contribution in [2.24, 2.45) is 0 Å². The molecule has 0 fully saturated rings. The molecule has 0 aliphatic carbocycles. The fourth-order valence-electron chi connectivity index (χ4n) is 3.29. The Hall–Kier alpha value is -2.96. The number of hydrogen-bond donors (Lipinski definition) is 1. The Labute approximate surface area is 191 Å². The van der Waals surface area contributed by atoms with Crippen molar-refractivity contribution in [2.45, 2.75) is 45.1 Å². The van der Waals surface area contributed by atoms with Crippen LogP contribution < -0.4 is 5.32 Å². The molecule has 3 aromatic rings. The Morgan fingerprint density at radius 3 is 1.91 bits per heavy atom. The van der Waals surface area contributed by atoms with Gasteiger partial charge in [0.2, 0.25) is 15.9 Å². The summed E-state index contributed by atoms with van der Waals surface area (Å²) in [7, 11) is -3.86. The van der Waals surface area contributed by atoms with Crippen LogP contribution in [-0.2, 0) is 21.4 Å². The zero-order chi connectivity index (χ0) is 23.3. The highest BCUT2D eigenvalue weighted by Gasteiger charge is 2.27. The molecule has 0 unspecified atom stereocenters. The SMILES string of the molecule is Cc1ccc(CN(CC(=O)Nc2ccc(C(C)C)cc2)S(=O)(=O)c2ccc(C)cc2)cc1. The molecule has 0 bridgehead atoms. The van der Waals surface area contributed by atoms with E-state index in [2.05, 4.69) is 19.2 Å². The third kappa shape index (κ3) is 6.05. The van der Waals surface area contributed by atoms with E-state index in [0.29, 0.717) is 11.6 Å². The van der Waals surface area contributed by atoms with Crippen molar-refractivity contribution in [1.29, 1.82) is 0 Å². The van der Waals surface area contributed by atoms with Crippen LogP contribution in [0.25, 0.3) is 0 Å². The van der Waals surface area contributed by atoms with Gasteiger partial charge in [0.05, 0.1) is 11.4 Å². The van der Waals surface area contributed by atoms with Crippen LogP contribution in [0.5, 0.6) is 0 Å². The minimum atomic E-state index is -3.86. The van der Waals surface area contributed by atoms with E-state index in [-0.39, 0.29) is 23.9 Å². The number of benzene rings is 3. The number of carbonyl (C=O) groups is 1. The minimum Gasteiger partial charge on any atom is -0.325 e. The van der Waals surface area contributed by atoms with Crippen molar-refractivity contribution >= 4 is 21.6 Å². The van der Waals surface area contributed by atoms with Crippen molar-refractivity contribution in [3.63, 3.8) is 0 Å². The third-order valence-corrected chi connectivity index (χ3v) is 7.13. The number of carbonyl (C=O) groups excluding carboxylic acids is 1. The molecule has 168 valence electrons. The lowest BCUT2D eigenvalue weighted by molar-refractivity contribution is -0.116. The zero-order valence-corrected chi connectivity index (χ0v) is 19.8. The van der Waals surface area contributed by atoms with Gasteiger partial charge >= 0.3 is 0 Å². The maximum absolute atomic E-state index is 13.4. The lowest BCUT2D eigenvalue weighted by Crippen LogP contribution is -2.37. The minimum absolute atomic E-state index is 0.107. The molecular weight excluding hydrogens is 420 g/mol. The van der Waals surface area contributed by atoms with E-state index in [9.17, 15) is 13.2 Å². The lowest BCUT2D eigenvalue weighted by atomic mass is 10.0. The van der Waals surface area contributed by atoms with Gasteiger partial charge in [0, 0.05) is 12.2 Å². The molecule has 0 atom stereocenters. The van der Waals surface area contributed by atoms with Crippen molar-refractivity contribution in [2.75, 3.05) is 11.9 Å². The van der Waals surface area contributed by atoms with Crippen LogP contribution >= 0.6 is 0 Å². The van der Waals surface area contributed by atoms with Gasteiger partial charge in [-0.15, -0.1) is 0 Å². The normalized spacial score (nSPS) is 11.7. The number of aryl methyl sites for hydroxylation is 2. The van der Waals surface area contributed by atoms with Gasteiger partial charge in [0.15, 0.2) is 0 Å². The van der Waals surface area contributed by atoms with Gasteiger partial charge in [-0.1, -0.05) is 73.5 Å². The van der Waals surface area contributed by atoms with Crippen LogP contribution in [0.1, 0.15) is 42.0 Å². The van der Waals surface area contributed by atoms with Gasteiger partial charge in [-0.2, -0.15) is 4.31 Å². The topological polar surface area (TPSA) is 66.5 Å². The summed E-state index contributed by atoms with van der Waals surface area (Å²) >= 11 is 0. The highest BCUT2D eigenvalue weighted by molar-refractivity contribution is 7.89. The second-order valence-electron chi connectivity index (χ2n) is 8.40. The summed E-state index contributed by atoms with van der Waals surface area (Å²) in [5, 5.41) is 2.82. The van der Waals surface area contributed by atoms with E-state index in [0.717, 1.165) is 16.7 Å². The van der Waals surface area contributed by atoms with E-state index in [4.69, 9.17) is 0 Å². The first-order valence-electron chi connectivity index (χ1n) is 10.7. The zero-order valence-electron chi connectivity index (χ0n) is 19.0. The molecule has 1 N–H and O–H groups in total. The molecule has 1 amide bonds. The standard InChI is InChI=1S/C26H30N2O3S/c1-19(2)23-11-13-24(14-12-23)27-26(29)18-28(17-22-9-5-20(3)6-10-22)32(30,31)25-15-7-21(4)8-16-25/h5-16,19H,17-18H2,1-4H3,(H,27,29). The summed E-state index contributed by atoms with van der Waals surface area (Å²) in [6.45, 7) is 7.91. The fraction of sp³-hybridized carbons (Fsp3) is 0.269. The molecule has 3 aromatic carbocycles. The smallest absolute Gasteiger partial charge is 0.243 e. The Morgan fingerprint density at radius 2 is 1.38 bits per heavy atom. The molecule has 0 saturated carbocycles. The maximum atomic E-state index is 13.4. The van der Waals surface area contributed by atoms with Gasteiger partial charge in [0.25, 0.3) is 0 Å². The molecule has 0 spiro atoms. The average molecular weight is 451 g/mol. The highest BCUT2D eigenvalue weighted by Crippen LogP contribution is 2.21. The average Bonchev–Trinajstić information content (AvgIpc) is 2.75. The first-order chi connectivity index (χ1) is 15.1. The van der Waals surface area contributed by atoms with Gasteiger partial charge < -0.3 is 5.32 Å². The van der Waals surface area contributed by atoms with Crippen molar-refractivity contribution in [3.05, 3.63) is 95.1 Å². The Kier molecular flexibility index (Phi) is 7.48. The quantitative estimate of drug-likeness (QED) is 0.509. The predicted octanol–water partition coefficient (Wildman–Crippen LogP) is 5.26. The van der Waals surface area contributed by atoms with Crippen molar-refractivity contribution in [1.82, 2.24) is 4.31 Å². The molecule has 3 rings (SSSR count). The number of anilines is 1. The largest absolute Gasteiger partial charge is 0.325 e. The summed E-state index contributed by atoms with van der Waals surface area (Å²) in [6, 6.07) is 21.9. The summed E-state index contributed by atoms with van der Waals surface area (Å²) in [5.41, 5.74) is 4.69. The van der Waals surface area contributed by atoms with Crippen molar-refractivity contribution < 1.29 is 13.2 Å². The van der Waals surface area contributed by atoms with Crippen LogP contribution in [0, 0.1) is 13.8 Å². The summed E-state index contributed by atoms with van der Waals surface area (Å²) in [6.07, 6.45) is 0. The van der Waals surface area contributed by atoms with Gasteiger partial charge in [-0.25, -0.2) is 8.42 Å². The lowest BCUT2D eigenvalue weighted by Gasteiger charge is -2.22. The molecular formula is C26H30N2O3S. The molecule has 6 heteroatoms. The Bertz CT molecular complexity index is 1150. The van der Waals surface area contributed by atoms with Crippen LogP contribution in [-0.4, -0.2) is 25.2 Å². The highest BCUT2D eigenvalue weighted by atomic mass is 32.2. The number of amides is 1. The molecule has 0 aliphatic rings. The number of rotatable bonds is 8. The summed E-state index contributed by atoms with van der Waals surface area (Å²) in [5.74, 6) is 0.00880. The van der Waals surface area contributed by atoms with E-state index >= 15 is 0 Å². The van der Waals surface area contributed by atoms with E-state index < -0.39 is 10.0 Å². The molecule has 32 heavy (non-hydrogen) atoms. The number of sulfonamides is 1. The number of nitrogens with zero attached hydrogens (tertiary/aromatic N) is 1. The van der Waals surface area contributed by atoms with Crippen LogP contribution in [0.15, 0.2) is 77.7 Å². The molecule has 0 heterocycles. The van der Waals surface area contributed by atoms with Gasteiger partial charge in [-0.05, 0) is 55.2 Å². The van der Waals surface area contributed by atoms with Crippen LogP contribution in [0.2, 0.25) is 0 Å². The molecule has 0 aliphatic heterocycles. The van der Waals surface area contributed by atoms with E-state index in [1.807, 2.05) is 62.4 Å². The fourth-order valence-corrected chi connectivity index (χ4v) is 4.68. The van der Waals surface area contributed by atoms with E-state index in [1.165, 1.54) is 9.87 Å². The summed E-state index contributed by atoms with van der Waals surface area (Å²) < 4.78 is 28.0. The third-order valence-electron chi connectivity index (χ3n) is 5.32. The van der Waals surface area contributed by atoms with Crippen LogP contribution in [0.4, 0.5) is 5.69 Å². The number of nitrogens with one attached hydrogen (secondary N) is 1. The second-order valence-corrected chi connectivity index (χ2v) is 10.3. The first-order valence-corrected chi connectivity index (χ1v) is 12.1. The van der Waals surface area contributed by atoms with Gasteiger partial charge in [-0.3, -0.25) is 4.79 Å². The second kappa shape index (κ2) is 10.1. The Balaban J connectivity index is 1.83. The monoisotopic (exact) mass is 450 g/mol. The summed E-state index contributed by atoms with van der Waals surface area (Å²) in [4.78, 5) is 13.0. The maximum Gasteiger partial charge on any atom is 0.243 e. The van der Waals surface area contributed by atoms with Gasteiger partial charge in [0.1, 0.15) is 0 Å². The molecule has 0 radical (unpaired) electrons. The van der Waals surface area contributed by atoms with Crippen LogP contribution in [0.3, 0.4) is 0 Å². The molecule has 0 saturated heterocycles. The predicted molar refractivity (Wildman–Crippen MR) is 129 cm³/mol. The first kappa shape index (κ1) is 23.7.